The van der Waals surface area contributed by atoms with Gasteiger partial charge in [-0.05, 0) is 48.2 Å². The monoisotopic (exact) mass is 460 g/mol. The third-order valence-corrected chi connectivity index (χ3v) is 5.97. The smallest absolute Gasteiger partial charge is 0.336 e. The van der Waals surface area contributed by atoms with Crippen molar-refractivity contribution >= 4 is 51.1 Å². The van der Waals surface area contributed by atoms with Crippen LogP contribution in [-0.4, -0.2) is 19.7 Å². The molecule has 0 amide bonds. The molecule has 1 unspecified atom stereocenters. The fraction of sp³-hybridized carbons (Fsp3) is 0.0476. The zero-order valence-electron chi connectivity index (χ0n) is 15.8. The van der Waals surface area contributed by atoms with Gasteiger partial charge in [-0.25, -0.2) is 14.2 Å². The van der Waals surface area contributed by atoms with Crippen LogP contribution >= 0.6 is 11.8 Å². The molecule has 3 aromatic carbocycles. The van der Waals surface area contributed by atoms with Crippen LogP contribution in [0, 0.1) is 0 Å². The van der Waals surface area contributed by atoms with Gasteiger partial charge in [0.2, 0.25) is 0 Å². The first kappa shape index (κ1) is 21.1. The number of thioether (sulfide) groups is 1. The molecule has 0 saturated carbocycles. The molecule has 5 nitrogen and oxygen atoms in total. The van der Waals surface area contributed by atoms with Crippen molar-refractivity contribution in [3.8, 4) is 0 Å². The molecular formula is C21H15F3N4OS2. The van der Waals surface area contributed by atoms with Crippen LogP contribution in [0.15, 0.2) is 88.7 Å². The van der Waals surface area contributed by atoms with Gasteiger partial charge in [-0.2, -0.15) is 13.2 Å². The van der Waals surface area contributed by atoms with Crippen molar-refractivity contribution in [1.29, 1.82) is 0 Å². The minimum absolute atomic E-state index is 0.0138. The van der Waals surface area contributed by atoms with Crippen LogP contribution in [0.1, 0.15) is 0 Å². The number of nitrogens with zero attached hydrogens (tertiary/aromatic N) is 2. The number of hydrogen-bond acceptors (Lipinski definition) is 5. The van der Waals surface area contributed by atoms with Crippen LogP contribution in [0.4, 0.5) is 30.5 Å². The predicted octanol–water partition coefficient (Wildman–Crippen LogP) is 6.12. The van der Waals surface area contributed by atoms with Crippen LogP contribution in [0.2, 0.25) is 0 Å². The van der Waals surface area contributed by atoms with Crippen molar-refractivity contribution in [3.63, 3.8) is 0 Å². The summed E-state index contributed by atoms with van der Waals surface area (Å²) in [5.41, 5.74) is -3.13. The molecule has 2 N–H and O–H groups in total. The summed E-state index contributed by atoms with van der Waals surface area (Å²) >= 11 is -0.224. The molecule has 158 valence electrons. The molecule has 10 heteroatoms. The SMILES string of the molecule is O=S(Nc1nc2ccccc2nc1Nc1ccccc1SC(F)(F)F)c1ccccc1. The summed E-state index contributed by atoms with van der Waals surface area (Å²) in [4.78, 5) is 9.49. The lowest BCUT2D eigenvalue weighted by molar-refractivity contribution is -0.0327. The van der Waals surface area contributed by atoms with Crippen LogP contribution < -0.4 is 10.0 Å². The van der Waals surface area contributed by atoms with E-state index in [2.05, 4.69) is 20.0 Å². The highest BCUT2D eigenvalue weighted by molar-refractivity contribution is 8.00. The Bertz CT molecular complexity index is 1240. The van der Waals surface area contributed by atoms with E-state index in [4.69, 9.17) is 0 Å². The van der Waals surface area contributed by atoms with Crippen molar-refractivity contribution < 1.29 is 17.4 Å². The Labute approximate surface area is 182 Å². The number of hydrogen-bond donors (Lipinski definition) is 2. The fourth-order valence-corrected chi connectivity index (χ4v) is 4.23. The molecule has 0 radical (unpaired) electrons. The lowest BCUT2D eigenvalue weighted by Gasteiger charge is -2.16. The molecular weight excluding hydrogens is 445 g/mol. The molecule has 1 aromatic heterocycles. The van der Waals surface area contributed by atoms with E-state index in [1.54, 1.807) is 60.7 Å². The molecule has 0 aliphatic rings. The van der Waals surface area contributed by atoms with Crippen molar-refractivity contribution in [2.24, 2.45) is 0 Å². The summed E-state index contributed by atoms with van der Waals surface area (Å²) in [7, 11) is -1.64. The van der Waals surface area contributed by atoms with Crippen LogP contribution in [0.5, 0.6) is 0 Å². The topological polar surface area (TPSA) is 66.9 Å². The molecule has 0 spiro atoms. The Kier molecular flexibility index (Phi) is 6.10. The summed E-state index contributed by atoms with van der Waals surface area (Å²) in [6.45, 7) is 0. The van der Waals surface area contributed by atoms with Crippen LogP contribution in [-0.2, 0) is 11.0 Å². The Morgan fingerprint density at radius 2 is 1.35 bits per heavy atom. The predicted molar refractivity (Wildman–Crippen MR) is 118 cm³/mol. The average Bonchev–Trinajstić information content (AvgIpc) is 2.75. The summed E-state index contributed by atoms with van der Waals surface area (Å²) in [5.74, 6) is 0.325. The van der Waals surface area contributed by atoms with E-state index in [9.17, 15) is 17.4 Å². The summed E-state index contributed by atoms with van der Waals surface area (Å²) in [5, 5.41) is 2.92. The van der Waals surface area contributed by atoms with Gasteiger partial charge >= 0.3 is 5.51 Å². The van der Waals surface area contributed by atoms with Gasteiger partial charge in [0.25, 0.3) is 0 Å². The number of anilines is 3. The second-order valence-electron chi connectivity index (χ2n) is 6.26. The van der Waals surface area contributed by atoms with Crippen molar-refractivity contribution in [3.05, 3.63) is 78.9 Å². The molecule has 31 heavy (non-hydrogen) atoms. The second-order valence-corrected chi connectivity index (χ2v) is 8.58. The molecule has 0 aliphatic carbocycles. The Morgan fingerprint density at radius 3 is 2.03 bits per heavy atom. The van der Waals surface area contributed by atoms with Gasteiger partial charge in [0, 0.05) is 4.90 Å². The largest absolute Gasteiger partial charge is 0.446 e. The third-order valence-electron chi connectivity index (χ3n) is 4.08. The number of rotatable bonds is 6. The summed E-state index contributed by atoms with van der Waals surface area (Å²) < 4.78 is 54.5. The maximum atomic E-state index is 13.0. The molecule has 0 fully saturated rings. The zero-order valence-corrected chi connectivity index (χ0v) is 17.4. The molecule has 0 aliphatic heterocycles. The number of fused-ring (bicyclic) bond motifs is 1. The van der Waals surface area contributed by atoms with E-state index in [1.807, 2.05) is 0 Å². The van der Waals surface area contributed by atoms with Crippen LogP contribution in [0.3, 0.4) is 0 Å². The first-order valence-electron chi connectivity index (χ1n) is 9.01. The van der Waals surface area contributed by atoms with Crippen molar-refractivity contribution in [2.75, 3.05) is 10.0 Å². The number of benzene rings is 3. The average molecular weight is 461 g/mol. The lowest BCUT2D eigenvalue weighted by atomic mass is 10.3. The first-order chi connectivity index (χ1) is 14.9. The summed E-state index contributed by atoms with van der Waals surface area (Å²) in [6, 6.07) is 21.8. The number of aromatic nitrogens is 2. The zero-order chi connectivity index (χ0) is 21.8. The normalized spacial score (nSPS) is 12.5. The Balaban J connectivity index is 1.73. The molecule has 4 aromatic rings. The van der Waals surface area contributed by atoms with Gasteiger partial charge in [-0.3, -0.25) is 4.72 Å². The highest BCUT2D eigenvalue weighted by Crippen LogP contribution is 2.41. The number of halogens is 3. The number of alkyl halides is 3. The Hall–Kier alpha value is -3.11. The summed E-state index contributed by atoms with van der Waals surface area (Å²) in [6.07, 6.45) is 0. The fourth-order valence-electron chi connectivity index (χ4n) is 2.76. The van der Waals surface area contributed by atoms with Gasteiger partial charge in [0.15, 0.2) is 22.6 Å². The van der Waals surface area contributed by atoms with E-state index >= 15 is 0 Å². The van der Waals surface area contributed by atoms with Crippen molar-refractivity contribution in [2.45, 2.75) is 15.3 Å². The first-order valence-corrected chi connectivity index (χ1v) is 11.0. The van der Waals surface area contributed by atoms with Gasteiger partial charge in [-0.1, -0.05) is 42.5 Å². The maximum absolute atomic E-state index is 13.0. The van der Waals surface area contributed by atoms with Gasteiger partial charge in [0.1, 0.15) is 0 Å². The Morgan fingerprint density at radius 1 is 0.774 bits per heavy atom. The quantitative estimate of drug-likeness (QED) is 0.339. The molecule has 4 rings (SSSR count). The standard InChI is InChI=1S/C21H15F3N4OS2/c22-21(23,24)30-18-13-7-6-12-17(18)27-19-20(26-16-11-5-4-10-15(16)25-19)28-31(29)14-8-2-1-3-9-14/h1-13H,(H,25,27)(H,26,28). The van der Waals surface area contributed by atoms with E-state index < -0.39 is 16.5 Å². The van der Waals surface area contributed by atoms with Crippen LogP contribution in [0.25, 0.3) is 11.0 Å². The van der Waals surface area contributed by atoms with Gasteiger partial charge in [0.05, 0.1) is 21.6 Å². The van der Waals surface area contributed by atoms with Gasteiger partial charge in [-0.15, -0.1) is 0 Å². The molecule has 1 atom stereocenters. The number of para-hydroxylation sites is 3. The molecule has 0 bridgehead atoms. The number of nitrogens with one attached hydrogen (secondary N) is 2. The van der Waals surface area contributed by atoms with E-state index in [1.165, 1.54) is 18.2 Å². The third kappa shape index (κ3) is 5.33. The van der Waals surface area contributed by atoms with Gasteiger partial charge < -0.3 is 5.32 Å². The highest BCUT2D eigenvalue weighted by Gasteiger charge is 2.30. The second kappa shape index (κ2) is 8.94. The minimum atomic E-state index is -4.44. The van der Waals surface area contributed by atoms with E-state index in [-0.39, 0.29) is 34.0 Å². The highest BCUT2D eigenvalue weighted by atomic mass is 32.2. The maximum Gasteiger partial charge on any atom is 0.446 e. The molecule has 1 heterocycles. The molecule has 0 saturated heterocycles. The van der Waals surface area contributed by atoms with E-state index in [0.717, 1.165) is 0 Å². The lowest BCUT2D eigenvalue weighted by Crippen LogP contribution is -2.10. The minimum Gasteiger partial charge on any atom is -0.336 e. The van der Waals surface area contributed by atoms with E-state index in [0.29, 0.717) is 15.9 Å². The van der Waals surface area contributed by atoms with Crippen molar-refractivity contribution in [1.82, 2.24) is 9.97 Å².